The SMILES string of the molecule is Nc1ccc(-c2ccc([B]c3ccc(-c4nc(-c5ccccc5)nc(-c5ccccc5)n4)cc3)c3[nH]c4ccccc4c23)cc1. The smallest absolute Gasteiger partial charge is 0.194 e. The lowest BCUT2D eigenvalue weighted by molar-refractivity contribution is 1.07. The zero-order valence-corrected chi connectivity index (χ0v) is 24.4. The Hall–Kier alpha value is -6.01. The van der Waals surface area contributed by atoms with Gasteiger partial charge in [0.05, 0.1) is 0 Å². The van der Waals surface area contributed by atoms with Crippen LogP contribution in [-0.4, -0.2) is 27.2 Å². The second kappa shape index (κ2) is 11.2. The fourth-order valence-electron chi connectivity index (χ4n) is 5.85. The number of nitrogens with two attached hydrogens (primary N) is 1. The highest BCUT2D eigenvalue weighted by Gasteiger charge is 2.16. The molecule has 0 saturated carbocycles. The van der Waals surface area contributed by atoms with Crippen LogP contribution < -0.4 is 16.7 Å². The first-order valence-corrected chi connectivity index (χ1v) is 14.9. The largest absolute Gasteiger partial charge is 0.399 e. The Morgan fingerprint density at radius 2 is 1.02 bits per heavy atom. The van der Waals surface area contributed by atoms with Crippen molar-refractivity contribution in [1.82, 2.24) is 19.9 Å². The maximum Gasteiger partial charge on any atom is 0.194 e. The third kappa shape index (κ3) is 5.13. The van der Waals surface area contributed by atoms with Gasteiger partial charge in [-0.05, 0) is 29.3 Å². The van der Waals surface area contributed by atoms with Crippen LogP contribution in [0.15, 0.2) is 146 Å². The Morgan fingerprint density at radius 3 is 1.64 bits per heavy atom. The van der Waals surface area contributed by atoms with Crippen molar-refractivity contribution < 1.29 is 0 Å². The minimum absolute atomic E-state index is 0.639. The van der Waals surface area contributed by atoms with Crippen LogP contribution in [0.2, 0.25) is 0 Å². The van der Waals surface area contributed by atoms with Crippen molar-refractivity contribution in [3.05, 3.63) is 146 Å². The van der Waals surface area contributed by atoms with Crippen molar-refractivity contribution >= 4 is 45.7 Å². The zero-order chi connectivity index (χ0) is 30.2. The summed E-state index contributed by atoms with van der Waals surface area (Å²) in [5.41, 5.74) is 16.3. The van der Waals surface area contributed by atoms with E-state index in [4.69, 9.17) is 20.7 Å². The average molecular weight is 576 g/mol. The predicted octanol–water partition coefficient (Wildman–Crippen LogP) is 7.41. The van der Waals surface area contributed by atoms with Crippen molar-refractivity contribution in [2.24, 2.45) is 0 Å². The van der Waals surface area contributed by atoms with Crippen LogP contribution >= 0.6 is 0 Å². The van der Waals surface area contributed by atoms with Crippen molar-refractivity contribution in [2.45, 2.75) is 0 Å². The van der Waals surface area contributed by atoms with E-state index in [9.17, 15) is 0 Å². The van der Waals surface area contributed by atoms with Gasteiger partial charge in [-0.25, -0.2) is 15.0 Å². The van der Waals surface area contributed by atoms with Gasteiger partial charge in [0.2, 0.25) is 0 Å². The van der Waals surface area contributed by atoms with Crippen LogP contribution in [0, 0.1) is 0 Å². The van der Waals surface area contributed by atoms with E-state index >= 15 is 0 Å². The molecule has 5 nitrogen and oxygen atoms in total. The van der Waals surface area contributed by atoms with Crippen molar-refractivity contribution in [3.8, 4) is 45.3 Å². The first-order valence-electron chi connectivity index (χ1n) is 14.9. The molecule has 8 aromatic rings. The van der Waals surface area contributed by atoms with Crippen LogP contribution in [0.5, 0.6) is 0 Å². The number of para-hydroxylation sites is 1. The van der Waals surface area contributed by atoms with Gasteiger partial charge in [-0.2, -0.15) is 0 Å². The fraction of sp³-hybridized carbons (Fsp3) is 0. The van der Waals surface area contributed by atoms with Crippen LogP contribution in [0.3, 0.4) is 0 Å². The van der Waals surface area contributed by atoms with E-state index in [0.29, 0.717) is 17.5 Å². The number of anilines is 1. The number of fused-ring (bicyclic) bond motifs is 3. The quantitative estimate of drug-likeness (QED) is 0.160. The van der Waals surface area contributed by atoms with Crippen LogP contribution in [0.25, 0.3) is 67.1 Å². The van der Waals surface area contributed by atoms with Gasteiger partial charge >= 0.3 is 0 Å². The maximum atomic E-state index is 5.99. The Kier molecular flexibility index (Phi) is 6.65. The normalized spacial score (nSPS) is 11.2. The summed E-state index contributed by atoms with van der Waals surface area (Å²) < 4.78 is 0. The number of benzene rings is 6. The van der Waals surface area contributed by atoms with E-state index in [2.05, 4.69) is 85.1 Å². The number of aromatic amines is 1. The molecule has 0 aliphatic rings. The molecule has 0 aliphatic heterocycles. The molecule has 0 fully saturated rings. The third-order valence-electron chi connectivity index (χ3n) is 8.11. The molecular formula is C39H27BN5. The van der Waals surface area contributed by atoms with Crippen LogP contribution in [-0.2, 0) is 0 Å². The van der Waals surface area contributed by atoms with Gasteiger partial charge in [0.1, 0.15) is 0 Å². The Balaban J connectivity index is 1.17. The maximum absolute atomic E-state index is 5.99. The molecular weight excluding hydrogens is 549 g/mol. The Labute approximate surface area is 261 Å². The van der Waals surface area contributed by atoms with Gasteiger partial charge in [-0.1, -0.05) is 138 Å². The van der Waals surface area contributed by atoms with E-state index in [-0.39, 0.29) is 0 Å². The lowest BCUT2D eigenvalue weighted by Gasteiger charge is -2.10. The molecule has 1 radical (unpaired) electrons. The fourth-order valence-corrected chi connectivity index (χ4v) is 5.85. The van der Waals surface area contributed by atoms with E-state index < -0.39 is 0 Å². The zero-order valence-electron chi connectivity index (χ0n) is 24.4. The summed E-state index contributed by atoms with van der Waals surface area (Å²) in [6.45, 7) is 0. The molecule has 0 spiro atoms. The van der Waals surface area contributed by atoms with Gasteiger partial charge in [0.25, 0.3) is 0 Å². The number of rotatable bonds is 6. The highest BCUT2D eigenvalue weighted by Crippen LogP contribution is 2.34. The topological polar surface area (TPSA) is 80.5 Å². The third-order valence-corrected chi connectivity index (χ3v) is 8.11. The van der Waals surface area contributed by atoms with Gasteiger partial charge in [-0.15, -0.1) is 0 Å². The highest BCUT2D eigenvalue weighted by molar-refractivity contribution is 6.70. The molecule has 0 amide bonds. The van der Waals surface area contributed by atoms with E-state index in [1.54, 1.807) is 0 Å². The van der Waals surface area contributed by atoms with Crippen molar-refractivity contribution in [3.63, 3.8) is 0 Å². The summed E-state index contributed by atoms with van der Waals surface area (Å²) in [6.07, 6.45) is 0. The molecule has 2 aromatic heterocycles. The van der Waals surface area contributed by atoms with E-state index in [1.165, 1.54) is 16.3 Å². The van der Waals surface area contributed by atoms with E-state index in [0.717, 1.165) is 49.9 Å². The lowest BCUT2D eigenvalue weighted by Crippen LogP contribution is -2.27. The van der Waals surface area contributed by atoms with Crippen molar-refractivity contribution in [1.29, 1.82) is 0 Å². The number of nitrogens with zero attached hydrogens (tertiary/aromatic N) is 3. The van der Waals surface area contributed by atoms with Crippen molar-refractivity contribution in [2.75, 3.05) is 5.73 Å². The van der Waals surface area contributed by atoms with Gasteiger partial charge < -0.3 is 10.7 Å². The van der Waals surface area contributed by atoms with Gasteiger partial charge in [-0.3, -0.25) is 0 Å². The number of nitrogens with one attached hydrogen (secondary N) is 1. The first-order chi connectivity index (χ1) is 22.2. The minimum atomic E-state index is 0.639. The highest BCUT2D eigenvalue weighted by atomic mass is 15.0. The second-order valence-electron chi connectivity index (χ2n) is 11.0. The molecule has 0 bridgehead atoms. The van der Waals surface area contributed by atoms with Crippen LogP contribution in [0.1, 0.15) is 0 Å². The Morgan fingerprint density at radius 1 is 0.489 bits per heavy atom. The monoisotopic (exact) mass is 576 g/mol. The summed E-state index contributed by atoms with van der Waals surface area (Å²) in [6, 6.07) is 49.4. The average Bonchev–Trinajstić information content (AvgIpc) is 3.50. The number of hydrogen-bond acceptors (Lipinski definition) is 4. The molecule has 211 valence electrons. The Bertz CT molecular complexity index is 2220. The molecule has 6 heteroatoms. The lowest BCUT2D eigenvalue weighted by atomic mass is 9.63. The molecule has 6 aromatic carbocycles. The number of nitrogen functional groups attached to an aromatic ring is 1. The van der Waals surface area contributed by atoms with Gasteiger partial charge in [0.15, 0.2) is 24.8 Å². The number of aromatic nitrogens is 4. The first kappa shape index (κ1) is 26.6. The molecule has 0 saturated heterocycles. The predicted molar refractivity (Wildman–Crippen MR) is 187 cm³/mol. The number of H-pyrrole nitrogens is 1. The molecule has 2 heterocycles. The summed E-state index contributed by atoms with van der Waals surface area (Å²) in [4.78, 5) is 18.3. The number of hydrogen-bond donors (Lipinski definition) is 2. The minimum Gasteiger partial charge on any atom is -0.399 e. The molecule has 0 aliphatic carbocycles. The summed E-state index contributed by atoms with van der Waals surface area (Å²) >= 11 is 0. The summed E-state index contributed by atoms with van der Waals surface area (Å²) in [7, 11) is 2.21. The summed E-state index contributed by atoms with van der Waals surface area (Å²) in [5.74, 6) is 1.94. The van der Waals surface area contributed by atoms with Gasteiger partial charge in [0, 0.05) is 44.2 Å². The molecule has 3 N–H and O–H groups in total. The molecule has 0 atom stereocenters. The summed E-state index contributed by atoms with van der Waals surface area (Å²) in [5, 5.41) is 2.40. The standard InChI is InChI=1S/C39H27BN5/c41-30-21-17-25(18-22-30)31-23-24-33(36-35(31)32-13-7-8-14-34(32)42-36)40-29-19-15-28(16-20-29)39-44-37(26-9-3-1-4-10-26)43-38(45-39)27-11-5-2-6-12-27/h1-24,42H,41H2. The van der Waals surface area contributed by atoms with Crippen LogP contribution in [0.4, 0.5) is 5.69 Å². The molecule has 45 heavy (non-hydrogen) atoms. The molecule has 8 rings (SSSR count). The van der Waals surface area contributed by atoms with E-state index in [1.807, 2.05) is 72.8 Å². The second-order valence-corrected chi connectivity index (χ2v) is 11.0. The molecule has 0 unspecified atom stereocenters.